The Morgan fingerprint density at radius 3 is 2.57 bits per heavy atom. The lowest BCUT2D eigenvalue weighted by molar-refractivity contribution is -0.138. The molecule has 112 valence electrons. The van der Waals surface area contributed by atoms with E-state index in [1.165, 1.54) is 0 Å². The van der Waals surface area contributed by atoms with Gasteiger partial charge in [-0.05, 0) is 36.6 Å². The van der Waals surface area contributed by atoms with Gasteiger partial charge in [0.2, 0.25) is 0 Å². The average Bonchev–Trinajstić information content (AvgIpc) is 2.39. The second-order valence-electron chi connectivity index (χ2n) is 4.80. The summed E-state index contributed by atoms with van der Waals surface area (Å²) in [5.41, 5.74) is 6.04. The van der Waals surface area contributed by atoms with Crippen LogP contribution in [0.25, 0.3) is 0 Å². The lowest BCUT2D eigenvalue weighted by atomic mass is 10.1. The van der Waals surface area contributed by atoms with Gasteiger partial charge in [-0.15, -0.1) is 0 Å². The fourth-order valence-electron chi connectivity index (χ4n) is 2.08. The van der Waals surface area contributed by atoms with Crippen LogP contribution >= 0.6 is 0 Å². The first-order valence-corrected chi connectivity index (χ1v) is 6.48. The van der Waals surface area contributed by atoms with E-state index in [9.17, 15) is 18.0 Å². The summed E-state index contributed by atoms with van der Waals surface area (Å²) in [4.78, 5) is 11.6. The van der Waals surface area contributed by atoms with E-state index in [4.69, 9.17) is 5.73 Å². The average molecular weight is 296 g/mol. The maximum Gasteiger partial charge on any atom is 0.417 e. The molecule has 0 radical (unpaired) electrons. The van der Waals surface area contributed by atoms with Gasteiger partial charge in [-0.25, -0.2) is 0 Å². The first-order chi connectivity index (χ1) is 9.86. The Morgan fingerprint density at radius 2 is 1.90 bits per heavy atom. The quantitative estimate of drug-likeness (QED) is 0.881. The maximum absolute atomic E-state index is 12.6. The number of aromatic nitrogens is 1. The summed E-state index contributed by atoms with van der Waals surface area (Å²) >= 11 is 0. The van der Waals surface area contributed by atoms with Crippen molar-refractivity contribution < 1.29 is 13.2 Å². The SMILES string of the molecule is Nc1cccc(CCCn2cc(C(F)(F)F)ccc2=O)c1. The van der Waals surface area contributed by atoms with Crippen LogP contribution in [0.4, 0.5) is 18.9 Å². The molecule has 0 atom stereocenters. The summed E-state index contributed by atoms with van der Waals surface area (Å²) in [7, 11) is 0. The number of hydrogen-bond donors (Lipinski definition) is 1. The van der Waals surface area contributed by atoms with Crippen molar-refractivity contribution in [3.63, 3.8) is 0 Å². The molecule has 2 aromatic rings. The molecule has 2 N–H and O–H groups in total. The summed E-state index contributed by atoms with van der Waals surface area (Å²) in [6, 6.07) is 9.04. The Labute approximate surface area is 119 Å². The molecule has 0 spiro atoms. The van der Waals surface area contributed by atoms with E-state index in [-0.39, 0.29) is 6.54 Å². The minimum Gasteiger partial charge on any atom is -0.399 e. The van der Waals surface area contributed by atoms with Crippen molar-refractivity contribution in [1.82, 2.24) is 4.57 Å². The number of anilines is 1. The Hall–Kier alpha value is -2.24. The molecule has 2 rings (SSSR count). The predicted octanol–water partition coefficient (Wildman–Crippen LogP) is 3.08. The van der Waals surface area contributed by atoms with E-state index >= 15 is 0 Å². The third kappa shape index (κ3) is 4.11. The number of halogens is 3. The number of pyridine rings is 1. The first kappa shape index (κ1) is 15.2. The maximum atomic E-state index is 12.6. The Bertz CT molecular complexity index is 677. The van der Waals surface area contributed by atoms with Crippen LogP contribution < -0.4 is 11.3 Å². The Morgan fingerprint density at radius 1 is 1.14 bits per heavy atom. The summed E-state index contributed by atoms with van der Waals surface area (Å²) < 4.78 is 38.9. The second-order valence-corrected chi connectivity index (χ2v) is 4.80. The first-order valence-electron chi connectivity index (χ1n) is 6.48. The molecule has 1 heterocycles. The number of alkyl halides is 3. The Balaban J connectivity index is 2.05. The standard InChI is InChI=1S/C15H15F3N2O/c16-15(17,18)12-6-7-14(21)20(10-12)8-2-4-11-3-1-5-13(19)9-11/h1,3,5-7,9-10H,2,4,8,19H2. The van der Waals surface area contributed by atoms with Crippen molar-refractivity contribution >= 4 is 5.69 Å². The third-order valence-corrected chi connectivity index (χ3v) is 3.13. The molecule has 0 fully saturated rings. The minimum atomic E-state index is -4.44. The van der Waals surface area contributed by atoms with E-state index in [1.54, 1.807) is 6.07 Å². The number of hydrogen-bond acceptors (Lipinski definition) is 2. The molecule has 0 saturated heterocycles. The highest BCUT2D eigenvalue weighted by Crippen LogP contribution is 2.28. The molecule has 1 aromatic carbocycles. The molecule has 0 unspecified atom stereocenters. The lowest BCUT2D eigenvalue weighted by Crippen LogP contribution is -2.21. The summed E-state index contributed by atoms with van der Waals surface area (Å²) in [5.74, 6) is 0. The zero-order chi connectivity index (χ0) is 15.5. The number of aryl methyl sites for hydroxylation is 2. The molecular weight excluding hydrogens is 281 g/mol. The number of nitrogens with two attached hydrogens (primary N) is 1. The van der Waals surface area contributed by atoms with Crippen LogP contribution in [0.15, 0.2) is 47.4 Å². The number of nitrogen functional groups attached to an aromatic ring is 1. The number of nitrogens with zero attached hydrogens (tertiary/aromatic N) is 1. The van der Waals surface area contributed by atoms with E-state index < -0.39 is 17.3 Å². The number of benzene rings is 1. The van der Waals surface area contributed by atoms with Crippen molar-refractivity contribution in [2.75, 3.05) is 5.73 Å². The molecular formula is C15H15F3N2O. The number of rotatable bonds is 4. The molecule has 3 nitrogen and oxygen atoms in total. The van der Waals surface area contributed by atoms with Crippen LogP contribution in [0, 0.1) is 0 Å². The van der Waals surface area contributed by atoms with Gasteiger partial charge in [-0.1, -0.05) is 12.1 Å². The third-order valence-electron chi connectivity index (χ3n) is 3.13. The zero-order valence-electron chi connectivity index (χ0n) is 11.2. The molecule has 1 aromatic heterocycles. The Kier molecular flexibility index (Phi) is 4.35. The van der Waals surface area contributed by atoms with Crippen molar-refractivity contribution in [1.29, 1.82) is 0 Å². The fourth-order valence-corrected chi connectivity index (χ4v) is 2.08. The van der Waals surface area contributed by atoms with Crippen molar-refractivity contribution in [2.24, 2.45) is 0 Å². The van der Waals surface area contributed by atoms with Gasteiger partial charge < -0.3 is 10.3 Å². The molecule has 0 bridgehead atoms. The normalized spacial score (nSPS) is 11.6. The van der Waals surface area contributed by atoms with Crippen molar-refractivity contribution in [2.45, 2.75) is 25.6 Å². The highest BCUT2D eigenvalue weighted by atomic mass is 19.4. The van der Waals surface area contributed by atoms with Gasteiger partial charge in [0, 0.05) is 24.5 Å². The highest BCUT2D eigenvalue weighted by Gasteiger charge is 2.30. The minimum absolute atomic E-state index is 0.234. The molecule has 6 heteroatoms. The smallest absolute Gasteiger partial charge is 0.399 e. The van der Waals surface area contributed by atoms with Gasteiger partial charge in [0.1, 0.15) is 0 Å². The summed E-state index contributed by atoms with van der Waals surface area (Å²) in [5, 5.41) is 0. The van der Waals surface area contributed by atoms with Crippen LogP contribution in [-0.2, 0) is 19.1 Å². The van der Waals surface area contributed by atoms with E-state index in [0.29, 0.717) is 18.5 Å². The van der Waals surface area contributed by atoms with Crippen LogP contribution in [0.1, 0.15) is 17.5 Å². The van der Waals surface area contributed by atoms with Crippen molar-refractivity contribution in [3.05, 3.63) is 64.1 Å². The van der Waals surface area contributed by atoms with Gasteiger partial charge >= 0.3 is 6.18 Å². The van der Waals surface area contributed by atoms with E-state index in [2.05, 4.69) is 0 Å². The van der Waals surface area contributed by atoms with Crippen LogP contribution in [-0.4, -0.2) is 4.57 Å². The second kappa shape index (κ2) is 6.03. The van der Waals surface area contributed by atoms with E-state index in [0.717, 1.165) is 28.5 Å². The molecule has 0 saturated carbocycles. The van der Waals surface area contributed by atoms with Gasteiger partial charge in [0.15, 0.2) is 0 Å². The largest absolute Gasteiger partial charge is 0.417 e. The van der Waals surface area contributed by atoms with E-state index in [1.807, 2.05) is 18.2 Å². The van der Waals surface area contributed by atoms with Gasteiger partial charge in [-0.2, -0.15) is 13.2 Å². The topological polar surface area (TPSA) is 48.0 Å². The predicted molar refractivity (Wildman–Crippen MR) is 74.9 cm³/mol. The molecule has 0 aliphatic carbocycles. The van der Waals surface area contributed by atoms with Gasteiger partial charge in [0.25, 0.3) is 5.56 Å². The zero-order valence-corrected chi connectivity index (χ0v) is 11.2. The lowest BCUT2D eigenvalue weighted by Gasteiger charge is -2.10. The van der Waals surface area contributed by atoms with Crippen LogP contribution in [0.5, 0.6) is 0 Å². The molecule has 0 aliphatic rings. The fraction of sp³-hybridized carbons (Fsp3) is 0.267. The van der Waals surface area contributed by atoms with Crippen molar-refractivity contribution in [3.8, 4) is 0 Å². The molecule has 0 amide bonds. The summed E-state index contributed by atoms with van der Waals surface area (Å²) in [6.45, 7) is 0.234. The molecule has 0 aliphatic heterocycles. The van der Waals surface area contributed by atoms with Crippen LogP contribution in [0.2, 0.25) is 0 Å². The van der Waals surface area contributed by atoms with Gasteiger partial charge in [0.05, 0.1) is 5.56 Å². The monoisotopic (exact) mass is 296 g/mol. The highest BCUT2D eigenvalue weighted by molar-refractivity contribution is 5.40. The molecule has 21 heavy (non-hydrogen) atoms. The van der Waals surface area contributed by atoms with Gasteiger partial charge in [-0.3, -0.25) is 4.79 Å². The summed E-state index contributed by atoms with van der Waals surface area (Å²) in [6.07, 6.45) is -2.37. The van der Waals surface area contributed by atoms with Crippen LogP contribution in [0.3, 0.4) is 0 Å².